The van der Waals surface area contributed by atoms with Crippen LogP contribution in [0.25, 0.3) is 0 Å². The summed E-state index contributed by atoms with van der Waals surface area (Å²) in [5, 5.41) is 0. The zero-order chi connectivity index (χ0) is 15.0. The summed E-state index contributed by atoms with van der Waals surface area (Å²) in [6.07, 6.45) is 0.337. The fourth-order valence-corrected chi connectivity index (χ4v) is 2.49. The molecule has 1 rings (SSSR count). The molecule has 1 aliphatic rings. The number of cyclic esters (lactones) is 1. The lowest BCUT2D eigenvalue weighted by Gasteiger charge is -2.39. The zero-order valence-corrected chi connectivity index (χ0v) is 12.7. The number of hydrogen-bond donors (Lipinski definition) is 0. The highest BCUT2D eigenvalue weighted by atomic mass is 16.6. The predicted octanol–water partition coefficient (Wildman–Crippen LogP) is 2.86. The minimum Gasteiger partial charge on any atom is -0.431 e. The number of carbonyl (C=O) groups is 2. The molecule has 1 aliphatic heterocycles. The van der Waals surface area contributed by atoms with Crippen molar-refractivity contribution in [1.82, 2.24) is 0 Å². The minimum absolute atomic E-state index is 0.0842. The van der Waals surface area contributed by atoms with Crippen molar-refractivity contribution in [1.29, 1.82) is 0 Å². The Labute approximate surface area is 115 Å². The van der Waals surface area contributed by atoms with Crippen LogP contribution in [0.2, 0.25) is 0 Å². The first-order valence-corrected chi connectivity index (χ1v) is 6.61. The van der Waals surface area contributed by atoms with Crippen LogP contribution in [0.5, 0.6) is 0 Å². The molecular formula is C15H24O4. The lowest BCUT2D eigenvalue weighted by atomic mass is 9.79. The van der Waals surface area contributed by atoms with Crippen LogP contribution in [0.15, 0.2) is 12.3 Å². The number of Topliss-reactive ketones (excluding diaryl/α,β-unsaturated/α-hetero) is 1. The van der Waals surface area contributed by atoms with E-state index in [4.69, 9.17) is 9.47 Å². The second-order valence-corrected chi connectivity index (χ2v) is 6.56. The van der Waals surface area contributed by atoms with Gasteiger partial charge in [0, 0.05) is 12.3 Å². The molecule has 0 N–H and O–H groups in total. The van der Waals surface area contributed by atoms with Crippen LogP contribution in [-0.2, 0) is 19.1 Å². The van der Waals surface area contributed by atoms with E-state index in [0.717, 1.165) is 0 Å². The maximum absolute atomic E-state index is 12.5. The van der Waals surface area contributed by atoms with Crippen molar-refractivity contribution in [3.8, 4) is 0 Å². The van der Waals surface area contributed by atoms with Gasteiger partial charge in [-0.3, -0.25) is 9.59 Å². The molecule has 2 atom stereocenters. The highest BCUT2D eigenvalue weighted by molar-refractivity contribution is 5.94. The summed E-state index contributed by atoms with van der Waals surface area (Å²) in [6, 6.07) is 0. The van der Waals surface area contributed by atoms with Gasteiger partial charge < -0.3 is 9.47 Å². The summed E-state index contributed by atoms with van der Waals surface area (Å²) in [4.78, 5) is 24.4. The fourth-order valence-electron chi connectivity index (χ4n) is 2.49. The first-order valence-electron chi connectivity index (χ1n) is 6.61. The Hall–Kier alpha value is -1.16. The van der Waals surface area contributed by atoms with E-state index >= 15 is 0 Å². The average molecular weight is 268 g/mol. The lowest BCUT2D eigenvalue weighted by molar-refractivity contribution is -0.182. The summed E-state index contributed by atoms with van der Waals surface area (Å²) in [6.45, 7) is 14.6. The molecule has 0 radical (unpaired) electrons. The van der Waals surface area contributed by atoms with Crippen LogP contribution < -0.4 is 0 Å². The molecule has 108 valence electrons. The molecule has 4 nitrogen and oxygen atoms in total. The van der Waals surface area contributed by atoms with Crippen LogP contribution in [0.3, 0.4) is 0 Å². The van der Waals surface area contributed by atoms with Gasteiger partial charge in [-0.25, -0.2) is 0 Å². The predicted molar refractivity (Wildman–Crippen MR) is 72.4 cm³/mol. The van der Waals surface area contributed by atoms with Crippen molar-refractivity contribution in [2.24, 2.45) is 11.8 Å². The van der Waals surface area contributed by atoms with Crippen molar-refractivity contribution in [3.63, 3.8) is 0 Å². The Morgan fingerprint density at radius 2 is 1.89 bits per heavy atom. The van der Waals surface area contributed by atoms with Gasteiger partial charge in [0.05, 0.1) is 5.60 Å². The molecule has 4 heteroatoms. The molecule has 2 unspecified atom stereocenters. The highest BCUT2D eigenvalue weighted by Gasteiger charge is 2.52. The monoisotopic (exact) mass is 268 g/mol. The highest BCUT2D eigenvalue weighted by Crippen LogP contribution is 2.39. The van der Waals surface area contributed by atoms with Gasteiger partial charge in [0.1, 0.15) is 17.3 Å². The van der Waals surface area contributed by atoms with Crippen LogP contribution in [-0.4, -0.2) is 23.0 Å². The molecule has 1 fully saturated rings. The number of esters is 1. The van der Waals surface area contributed by atoms with Gasteiger partial charge in [-0.2, -0.15) is 0 Å². The summed E-state index contributed by atoms with van der Waals surface area (Å²) in [7, 11) is 0. The molecule has 0 aromatic carbocycles. The topological polar surface area (TPSA) is 52.6 Å². The molecule has 0 bridgehead atoms. The second kappa shape index (κ2) is 5.08. The lowest BCUT2D eigenvalue weighted by Crippen LogP contribution is -2.53. The van der Waals surface area contributed by atoms with Gasteiger partial charge in [-0.05, 0) is 27.7 Å². The summed E-state index contributed by atoms with van der Waals surface area (Å²) in [5.74, 6) is -0.941. The SMILES string of the molecule is C=C1CC(C(C)(OC(C)(C)C)C(=O)C(C)C)C(=O)O1. The molecular weight excluding hydrogens is 244 g/mol. The Morgan fingerprint density at radius 3 is 2.21 bits per heavy atom. The number of carbonyl (C=O) groups excluding carboxylic acids is 2. The normalized spacial score (nSPS) is 23.4. The van der Waals surface area contributed by atoms with Crippen LogP contribution in [0.4, 0.5) is 0 Å². The summed E-state index contributed by atoms with van der Waals surface area (Å²) >= 11 is 0. The van der Waals surface area contributed by atoms with E-state index in [2.05, 4.69) is 6.58 Å². The van der Waals surface area contributed by atoms with Gasteiger partial charge in [-0.1, -0.05) is 20.4 Å². The maximum atomic E-state index is 12.5. The Bertz CT molecular complexity index is 403. The van der Waals surface area contributed by atoms with E-state index in [1.54, 1.807) is 6.92 Å². The van der Waals surface area contributed by atoms with Gasteiger partial charge in [0.2, 0.25) is 0 Å². The van der Waals surface area contributed by atoms with Crippen LogP contribution in [0, 0.1) is 11.8 Å². The second-order valence-electron chi connectivity index (χ2n) is 6.56. The van der Waals surface area contributed by atoms with E-state index in [1.807, 2.05) is 34.6 Å². The van der Waals surface area contributed by atoms with Gasteiger partial charge >= 0.3 is 5.97 Å². The quantitative estimate of drug-likeness (QED) is 0.736. The van der Waals surface area contributed by atoms with Gasteiger partial charge in [-0.15, -0.1) is 0 Å². The number of allylic oxidation sites excluding steroid dienone is 1. The molecule has 0 spiro atoms. The van der Waals surface area contributed by atoms with Crippen molar-refractivity contribution < 1.29 is 19.1 Å². The Balaban J connectivity index is 3.15. The summed E-state index contributed by atoms with van der Waals surface area (Å²) < 4.78 is 11.0. The molecule has 0 saturated carbocycles. The first kappa shape index (κ1) is 15.9. The minimum atomic E-state index is -1.18. The third-order valence-electron chi connectivity index (χ3n) is 3.16. The Morgan fingerprint density at radius 1 is 1.37 bits per heavy atom. The molecule has 0 aliphatic carbocycles. The van der Waals surface area contributed by atoms with E-state index in [-0.39, 0.29) is 11.7 Å². The standard InChI is InChI=1S/C15H24O4/c1-9(2)12(16)15(7,19-14(4,5)6)11-8-10(3)18-13(11)17/h9,11H,3,8H2,1-2,4-7H3. The van der Waals surface area contributed by atoms with Gasteiger partial charge in [0.15, 0.2) is 5.78 Å². The Kier molecular flexibility index (Phi) is 4.25. The molecule has 1 saturated heterocycles. The fraction of sp³-hybridized carbons (Fsp3) is 0.733. The number of rotatable bonds is 4. The first-order chi connectivity index (χ1) is 8.47. The number of ketones is 1. The molecule has 0 aromatic heterocycles. The number of hydrogen-bond acceptors (Lipinski definition) is 4. The van der Waals surface area contributed by atoms with Crippen LogP contribution in [0.1, 0.15) is 48.0 Å². The summed E-state index contributed by atoms with van der Waals surface area (Å²) in [5.41, 5.74) is -1.70. The largest absolute Gasteiger partial charge is 0.431 e. The van der Waals surface area contributed by atoms with Crippen molar-refractivity contribution in [3.05, 3.63) is 12.3 Å². The third kappa shape index (κ3) is 3.44. The van der Waals surface area contributed by atoms with E-state index < -0.39 is 23.1 Å². The zero-order valence-electron chi connectivity index (χ0n) is 12.7. The maximum Gasteiger partial charge on any atom is 0.317 e. The molecule has 19 heavy (non-hydrogen) atoms. The average Bonchev–Trinajstić information content (AvgIpc) is 2.54. The van der Waals surface area contributed by atoms with Gasteiger partial charge in [0.25, 0.3) is 0 Å². The van der Waals surface area contributed by atoms with E-state index in [0.29, 0.717) is 12.2 Å². The van der Waals surface area contributed by atoms with E-state index in [1.165, 1.54) is 0 Å². The molecule has 1 heterocycles. The molecule has 0 aromatic rings. The van der Waals surface area contributed by atoms with Crippen LogP contribution >= 0.6 is 0 Å². The smallest absolute Gasteiger partial charge is 0.317 e. The van der Waals surface area contributed by atoms with Crippen molar-refractivity contribution >= 4 is 11.8 Å². The van der Waals surface area contributed by atoms with E-state index in [9.17, 15) is 9.59 Å². The number of ether oxygens (including phenoxy) is 2. The third-order valence-corrected chi connectivity index (χ3v) is 3.16. The molecule has 0 amide bonds. The van der Waals surface area contributed by atoms with Crippen molar-refractivity contribution in [2.75, 3.05) is 0 Å². The van der Waals surface area contributed by atoms with Crippen molar-refractivity contribution in [2.45, 2.75) is 59.2 Å².